The van der Waals surface area contributed by atoms with E-state index in [0.29, 0.717) is 17.0 Å². The van der Waals surface area contributed by atoms with Gasteiger partial charge in [-0.05, 0) is 29.7 Å². The van der Waals surface area contributed by atoms with Gasteiger partial charge in [0.15, 0.2) is 0 Å². The minimum Gasteiger partial charge on any atom is -0.359 e. The molecule has 22 heavy (non-hydrogen) atoms. The Kier molecular flexibility index (Phi) is 3.61. The van der Waals surface area contributed by atoms with Crippen LogP contribution in [0.15, 0.2) is 40.3 Å². The minimum absolute atomic E-state index is 0.0485. The summed E-state index contributed by atoms with van der Waals surface area (Å²) in [4.78, 5) is 15.3. The lowest BCUT2D eigenvalue weighted by Crippen LogP contribution is -2.13. The normalized spacial score (nSPS) is 17.0. The Labute approximate surface area is 127 Å². The van der Waals surface area contributed by atoms with Crippen molar-refractivity contribution in [3.8, 4) is 0 Å². The van der Waals surface area contributed by atoms with Gasteiger partial charge in [-0.2, -0.15) is 18.3 Å². The molecule has 0 fully saturated rings. The number of halogens is 3. The molecule has 1 amide bonds. The molecule has 2 N–H and O–H groups in total. The topological polar surface area (TPSA) is 57.2 Å². The number of amides is 1. The quantitative estimate of drug-likeness (QED) is 0.837. The van der Waals surface area contributed by atoms with Crippen molar-refractivity contribution < 1.29 is 18.0 Å². The Morgan fingerprint density at radius 2 is 2.09 bits per heavy atom. The van der Waals surface area contributed by atoms with Gasteiger partial charge >= 0.3 is 6.18 Å². The highest BCUT2D eigenvalue weighted by molar-refractivity contribution is 7.12. The van der Waals surface area contributed by atoms with Crippen LogP contribution < -0.4 is 5.43 Å². The second-order valence-electron chi connectivity index (χ2n) is 4.67. The number of nitrogens with one attached hydrogen (secondary N) is 2. The first-order chi connectivity index (χ1) is 10.4. The van der Waals surface area contributed by atoms with E-state index in [-0.39, 0.29) is 11.6 Å². The third kappa shape index (κ3) is 3.11. The predicted octanol–water partition coefficient (Wildman–Crippen LogP) is 3.10. The van der Waals surface area contributed by atoms with Gasteiger partial charge in [-0.15, -0.1) is 11.3 Å². The molecule has 0 radical (unpaired) electrons. The monoisotopic (exact) mass is 325 g/mol. The maximum Gasteiger partial charge on any atom is 0.394 e. The molecule has 1 aliphatic heterocycles. The molecule has 8 heteroatoms. The lowest BCUT2D eigenvalue weighted by molar-refractivity contribution is -0.127. The molecular formula is C14H10F3N3OS. The Morgan fingerprint density at radius 1 is 1.27 bits per heavy atom. The smallest absolute Gasteiger partial charge is 0.359 e. The number of carbonyl (C=O) groups excluding carboxylic acids is 1. The van der Waals surface area contributed by atoms with E-state index in [1.54, 1.807) is 0 Å². The molecular weight excluding hydrogens is 315 g/mol. The molecule has 0 atom stereocenters. The Balaban J connectivity index is 1.87. The fraction of sp³-hybridized carbons (Fsp3) is 0.143. The second-order valence-corrected chi connectivity index (χ2v) is 5.62. The largest absolute Gasteiger partial charge is 0.394 e. The van der Waals surface area contributed by atoms with Crippen molar-refractivity contribution in [2.24, 2.45) is 5.10 Å². The number of aromatic nitrogens is 1. The third-order valence-corrected chi connectivity index (χ3v) is 3.86. The van der Waals surface area contributed by atoms with Crippen LogP contribution in [0.25, 0.3) is 6.08 Å². The highest BCUT2D eigenvalue weighted by Crippen LogP contribution is 2.23. The first-order valence-corrected chi connectivity index (χ1v) is 7.19. The van der Waals surface area contributed by atoms with E-state index in [9.17, 15) is 18.0 Å². The summed E-state index contributed by atoms with van der Waals surface area (Å²) in [5.41, 5.74) is 3.66. The van der Waals surface area contributed by atoms with Crippen LogP contribution in [0, 0.1) is 0 Å². The van der Waals surface area contributed by atoms with E-state index in [0.717, 1.165) is 4.88 Å². The molecule has 0 aromatic carbocycles. The van der Waals surface area contributed by atoms with Crippen LogP contribution in [-0.4, -0.2) is 22.8 Å². The molecule has 0 aliphatic carbocycles. The maximum absolute atomic E-state index is 12.3. The van der Waals surface area contributed by atoms with Gasteiger partial charge in [0.1, 0.15) is 5.71 Å². The average Bonchev–Trinajstić information content (AvgIpc) is 3.12. The van der Waals surface area contributed by atoms with Gasteiger partial charge in [-0.1, -0.05) is 6.07 Å². The number of hydrazone groups is 1. The number of hydrogen-bond donors (Lipinski definition) is 2. The minimum atomic E-state index is -4.27. The fourth-order valence-electron chi connectivity index (χ4n) is 2.09. The Hall–Kier alpha value is -2.35. The SMILES string of the molecule is O=C1NN=C(c2cccs2)C1=Cc1ccc(CC(F)(F)F)[nH]1. The van der Waals surface area contributed by atoms with Crippen LogP contribution in [0.3, 0.4) is 0 Å². The number of hydrogen-bond acceptors (Lipinski definition) is 3. The van der Waals surface area contributed by atoms with Crippen LogP contribution >= 0.6 is 11.3 Å². The van der Waals surface area contributed by atoms with Gasteiger partial charge in [-0.3, -0.25) is 4.79 Å². The summed E-state index contributed by atoms with van der Waals surface area (Å²) >= 11 is 1.43. The zero-order valence-corrected chi connectivity index (χ0v) is 11.9. The number of carbonyl (C=O) groups is 1. The van der Waals surface area contributed by atoms with Gasteiger partial charge in [0.05, 0.1) is 16.9 Å². The van der Waals surface area contributed by atoms with Crippen molar-refractivity contribution in [2.45, 2.75) is 12.6 Å². The molecule has 4 nitrogen and oxygen atoms in total. The van der Waals surface area contributed by atoms with Crippen molar-refractivity contribution in [1.82, 2.24) is 10.4 Å². The highest BCUT2D eigenvalue weighted by Gasteiger charge is 2.28. The summed E-state index contributed by atoms with van der Waals surface area (Å²) in [6, 6.07) is 6.51. The van der Waals surface area contributed by atoms with Gasteiger partial charge in [0, 0.05) is 11.4 Å². The molecule has 0 saturated heterocycles. The van der Waals surface area contributed by atoms with E-state index < -0.39 is 12.6 Å². The summed E-state index contributed by atoms with van der Waals surface area (Å²) in [6.07, 6.45) is -3.81. The zero-order chi connectivity index (χ0) is 15.7. The van der Waals surface area contributed by atoms with E-state index in [1.165, 1.54) is 29.5 Å². The number of nitrogens with zero attached hydrogens (tertiary/aromatic N) is 1. The van der Waals surface area contributed by atoms with Gasteiger partial charge in [0.25, 0.3) is 5.91 Å². The first-order valence-electron chi connectivity index (χ1n) is 6.31. The van der Waals surface area contributed by atoms with Gasteiger partial charge < -0.3 is 4.98 Å². The lowest BCUT2D eigenvalue weighted by atomic mass is 10.1. The molecule has 0 unspecified atom stereocenters. The maximum atomic E-state index is 12.3. The van der Waals surface area contributed by atoms with Crippen LogP contribution in [0.1, 0.15) is 16.3 Å². The summed E-state index contributed by atoms with van der Waals surface area (Å²) in [6.45, 7) is 0. The molecule has 2 aromatic rings. The summed E-state index contributed by atoms with van der Waals surface area (Å²) in [5.74, 6) is -0.379. The van der Waals surface area contributed by atoms with Gasteiger partial charge in [0.2, 0.25) is 0 Å². The summed E-state index contributed by atoms with van der Waals surface area (Å²) < 4.78 is 37.0. The van der Waals surface area contributed by atoms with Crippen LogP contribution in [-0.2, 0) is 11.2 Å². The molecule has 3 heterocycles. The van der Waals surface area contributed by atoms with E-state index >= 15 is 0 Å². The van der Waals surface area contributed by atoms with Crippen molar-refractivity contribution in [3.63, 3.8) is 0 Å². The molecule has 0 bridgehead atoms. The average molecular weight is 325 g/mol. The number of H-pyrrole nitrogens is 1. The highest BCUT2D eigenvalue weighted by atomic mass is 32.1. The van der Waals surface area contributed by atoms with E-state index in [4.69, 9.17) is 0 Å². The van der Waals surface area contributed by atoms with Crippen molar-refractivity contribution in [2.75, 3.05) is 0 Å². The molecule has 2 aromatic heterocycles. The first kappa shape index (κ1) is 14.6. The number of thiophene rings is 1. The van der Waals surface area contributed by atoms with E-state index in [2.05, 4.69) is 15.5 Å². The number of rotatable bonds is 3. The van der Waals surface area contributed by atoms with Crippen molar-refractivity contribution >= 4 is 29.0 Å². The molecule has 114 valence electrons. The Morgan fingerprint density at radius 3 is 2.77 bits per heavy atom. The van der Waals surface area contributed by atoms with Crippen LogP contribution in [0.5, 0.6) is 0 Å². The summed E-state index contributed by atoms with van der Waals surface area (Å²) in [7, 11) is 0. The second kappa shape index (κ2) is 5.45. The predicted molar refractivity (Wildman–Crippen MR) is 77.5 cm³/mol. The third-order valence-electron chi connectivity index (χ3n) is 2.98. The summed E-state index contributed by atoms with van der Waals surface area (Å²) in [5, 5.41) is 5.82. The Bertz CT molecular complexity index is 757. The van der Waals surface area contributed by atoms with Gasteiger partial charge in [-0.25, -0.2) is 5.43 Å². The van der Waals surface area contributed by atoms with Crippen molar-refractivity contribution in [1.29, 1.82) is 0 Å². The lowest BCUT2D eigenvalue weighted by Gasteiger charge is -2.03. The van der Waals surface area contributed by atoms with Crippen LogP contribution in [0.4, 0.5) is 13.2 Å². The zero-order valence-electron chi connectivity index (χ0n) is 11.1. The fourth-order valence-corrected chi connectivity index (χ4v) is 2.82. The number of aromatic amines is 1. The number of alkyl halides is 3. The molecule has 0 spiro atoms. The standard InChI is InChI=1S/C14H10F3N3OS/c15-14(16,17)7-9-4-3-8(18-9)6-10-12(19-20-13(10)21)11-2-1-5-22-11/h1-6,18H,7H2,(H,20,21). The molecule has 1 aliphatic rings. The van der Waals surface area contributed by atoms with Crippen molar-refractivity contribution in [3.05, 3.63) is 51.5 Å². The molecule has 0 saturated carbocycles. The van der Waals surface area contributed by atoms with Crippen LogP contribution in [0.2, 0.25) is 0 Å². The van der Waals surface area contributed by atoms with E-state index in [1.807, 2.05) is 17.5 Å². The molecule has 3 rings (SSSR count).